The maximum absolute atomic E-state index is 13.3. The Labute approximate surface area is 136 Å². The molecule has 0 radical (unpaired) electrons. The molecule has 2 aromatic carbocycles. The van der Waals surface area contributed by atoms with E-state index in [2.05, 4.69) is 6.07 Å². The van der Waals surface area contributed by atoms with Crippen molar-refractivity contribution in [2.45, 2.75) is 25.9 Å². The van der Waals surface area contributed by atoms with Crippen molar-refractivity contribution < 1.29 is 9.18 Å². The van der Waals surface area contributed by atoms with Gasteiger partial charge in [0.2, 0.25) is 5.91 Å². The highest BCUT2D eigenvalue weighted by Gasteiger charge is 2.29. The third-order valence-electron chi connectivity index (χ3n) is 4.49. The molecule has 0 saturated carbocycles. The molecule has 3 nitrogen and oxygen atoms in total. The third-order valence-corrected chi connectivity index (χ3v) is 4.49. The van der Waals surface area contributed by atoms with E-state index in [0.29, 0.717) is 6.54 Å². The second-order valence-electron chi connectivity index (χ2n) is 6.09. The molecule has 0 aromatic heterocycles. The average Bonchev–Trinajstić information content (AvgIpc) is 2.97. The molecular formula is C19H21FN2O. The van der Waals surface area contributed by atoms with E-state index in [4.69, 9.17) is 0 Å². The van der Waals surface area contributed by atoms with E-state index < -0.39 is 0 Å². The highest BCUT2D eigenvalue weighted by atomic mass is 19.1. The van der Waals surface area contributed by atoms with Gasteiger partial charge in [0.25, 0.3) is 0 Å². The first-order valence-corrected chi connectivity index (χ1v) is 7.90. The van der Waals surface area contributed by atoms with Crippen LogP contribution >= 0.6 is 0 Å². The summed E-state index contributed by atoms with van der Waals surface area (Å²) in [4.78, 5) is 16.6. The summed E-state index contributed by atoms with van der Waals surface area (Å²) in [5, 5.41) is 0. The van der Waals surface area contributed by atoms with Gasteiger partial charge in [-0.2, -0.15) is 0 Å². The molecule has 2 aromatic rings. The lowest BCUT2D eigenvalue weighted by Crippen LogP contribution is -2.45. The number of carbonyl (C=O) groups is 1. The topological polar surface area (TPSA) is 23.6 Å². The first-order chi connectivity index (χ1) is 11.1. The van der Waals surface area contributed by atoms with Crippen molar-refractivity contribution in [3.05, 3.63) is 65.5 Å². The Morgan fingerprint density at radius 3 is 2.83 bits per heavy atom. The molecule has 120 valence electrons. The second-order valence-corrected chi connectivity index (χ2v) is 6.09. The van der Waals surface area contributed by atoms with Crippen LogP contribution < -0.4 is 4.90 Å². The lowest BCUT2D eigenvalue weighted by Gasteiger charge is -2.28. The molecule has 3 rings (SSSR count). The summed E-state index contributed by atoms with van der Waals surface area (Å²) in [7, 11) is 1.90. The molecule has 0 fully saturated rings. The van der Waals surface area contributed by atoms with Gasteiger partial charge in [-0.25, -0.2) is 4.39 Å². The van der Waals surface area contributed by atoms with Gasteiger partial charge >= 0.3 is 0 Å². The Bertz CT molecular complexity index is 716. The smallest absolute Gasteiger partial charge is 0.244 e. The van der Waals surface area contributed by atoms with Gasteiger partial charge in [0.1, 0.15) is 5.82 Å². The lowest BCUT2D eigenvalue weighted by molar-refractivity contribution is -0.122. The summed E-state index contributed by atoms with van der Waals surface area (Å²) in [5.74, 6) is -0.155. The van der Waals surface area contributed by atoms with Crippen molar-refractivity contribution >= 4 is 11.6 Å². The van der Waals surface area contributed by atoms with E-state index >= 15 is 0 Å². The van der Waals surface area contributed by atoms with Crippen LogP contribution in [0.2, 0.25) is 0 Å². The van der Waals surface area contributed by atoms with Crippen LogP contribution in [-0.2, 0) is 17.8 Å². The van der Waals surface area contributed by atoms with Crippen LogP contribution in [0.5, 0.6) is 0 Å². The van der Waals surface area contributed by atoms with Crippen LogP contribution in [0.25, 0.3) is 0 Å². The predicted octanol–water partition coefficient (Wildman–Crippen LogP) is 3.24. The number of benzene rings is 2. The molecule has 1 amide bonds. The summed E-state index contributed by atoms with van der Waals surface area (Å²) in [6.07, 6.45) is 0.905. The molecule has 0 saturated heterocycles. The second kappa shape index (κ2) is 6.50. The lowest BCUT2D eigenvalue weighted by atomic mass is 10.1. The number of hydrogen-bond donors (Lipinski definition) is 0. The zero-order valence-electron chi connectivity index (χ0n) is 13.5. The Hall–Kier alpha value is -2.20. The fraction of sp³-hybridized carbons (Fsp3) is 0.316. The summed E-state index contributed by atoms with van der Waals surface area (Å²) < 4.78 is 13.3. The van der Waals surface area contributed by atoms with Crippen LogP contribution in [0.15, 0.2) is 48.5 Å². The van der Waals surface area contributed by atoms with E-state index in [-0.39, 0.29) is 17.8 Å². The Morgan fingerprint density at radius 2 is 2.04 bits per heavy atom. The number of carbonyl (C=O) groups excluding carboxylic acids is 1. The highest BCUT2D eigenvalue weighted by molar-refractivity contribution is 5.98. The van der Waals surface area contributed by atoms with Gasteiger partial charge in [-0.15, -0.1) is 0 Å². The van der Waals surface area contributed by atoms with Crippen molar-refractivity contribution in [3.8, 4) is 0 Å². The quantitative estimate of drug-likeness (QED) is 0.865. The van der Waals surface area contributed by atoms with Crippen LogP contribution in [0.3, 0.4) is 0 Å². The Kier molecular flexibility index (Phi) is 4.44. The van der Waals surface area contributed by atoms with Crippen LogP contribution in [0, 0.1) is 5.82 Å². The number of likely N-dealkylation sites (N-methyl/N-ethyl adjacent to an activating group) is 1. The maximum Gasteiger partial charge on any atom is 0.244 e. The molecule has 1 heterocycles. The summed E-state index contributed by atoms with van der Waals surface area (Å²) >= 11 is 0. The van der Waals surface area contributed by atoms with Gasteiger partial charge in [-0.1, -0.05) is 30.3 Å². The van der Waals surface area contributed by atoms with E-state index in [1.807, 2.05) is 48.0 Å². The van der Waals surface area contributed by atoms with Gasteiger partial charge in [0.15, 0.2) is 0 Å². The molecule has 0 spiro atoms. The molecule has 1 aliphatic heterocycles. The molecule has 23 heavy (non-hydrogen) atoms. The molecule has 1 atom stereocenters. The Morgan fingerprint density at radius 1 is 1.26 bits per heavy atom. The third kappa shape index (κ3) is 3.27. The normalized spacial score (nSPS) is 14.9. The molecule has 0 aliphatic carbocycles. The Balaban J connectivity index is 1.70. The van der Waals surface area contributed by atoms with Gasteiger partial charge in [-0.3, -0.25) is 9.69 Å². The molecule has 0 N–H and O–H groups in total. The number of amides is 1. The number of anilines is 1. The molecule has 4 heteroatoms. The molecule has 0 bridgehead atoms. The van der Waals surface area contributed by atoms with Gasteiger partial charge < -0.3 is 4.90 Å². The van der Waals surface area contributed by atoms with E-state index in [9.17, 15) is 9.18 Å². The van der Waals surface area contributed by atoms with Crippen LogP contribution in [0.1, 0.15) is 18.1 Å². The summed E-state index contributed by atoms with van der Waals surface area (Å²) in [6, 6.07) is 14.3. The van der Waals surface area contributed by atoms with Crippen LogP contribution in [0.4, 0.5) is 10.1 Å². The van der Waals surface area contributed by atoms with E-state index in [0.717, 1.165) is 24.2 Å². The minimum Gasteiger partial charge on any atom is -0.310 e. The zero-order valence-corrected chi connectivity index (χ0v) is 13.5. The number of halogens is 1. The van der Waals surface area contributed by atoms with E-state index in [1.54, 1.807) is 6.07 Å². The SMILES string of the molecule is C[C@@H](C(=O)N1CCc2ccccc21)N(C)Cc1cccc(F)c1. The van der Waals surface area contributed by atoms with Crippen molar-refractivity contribution in [2.75, 3.05) is 18.5 Å². The van der Waals surface area contributed by atoms with Crippen molar-refractivity contribution in [1.82, 2.24) is 4.90 Å². The van der Waals surface area contributed by atoms with Crippen molar-refractivity contribution in [2.24, 2.45) is 0 Å². The van der Waals surface area contributed by atoms with E-state index in [1.165, 1.54) is 17.7 Å². The highest BCUT2D eigenvalue weighted by Crippen LogP contribution is 2.28. The number of hydrogen-bond acceptors (Lipinski definition) is 2. The molecule has 1 aliphatic rings. The van der Waals surface area contributed by atoms with Crippen molar-refractivity contribution in [1.29, 1.82) is 0 Å². The monoisotopic (exact) mass is 312 g/mol. The number of para-hydroxylation sites is 1. The first kappa shape index (κ1) is 15.7. The number of fused-ring (bicyclic) bond motifs is 1. The van der Waals surface area contributed by atoms with Gasteiger partial charge in [0.05, 0.1) is 6.04 Å². The average molecular weight is 312 g/mol. The van der Waals surface area contributed by atoms with Crippen LogP contribution in [-0.4, -0.2) is 30.4 Å². The maximum atomic E-state index is 13.3. The van der Waals surface area contributed by atoms with Gasteiger partial charge in [0, 0.05) is 18.8 Å². The minimum atomic E-state index is -0.260. The molecule has 0 unspecified atom stereocenters. The largest absolute Gasteiger partial charge is 0.310 e. The fourth-order valence-electron chi connectivity index (χ4n) is 3.04. The molecular weight excluding hydrogens is 291 g/mol. The zero-order chi connectivity index (χ0) is 16.4. The van der Waals surface area contributed by atoms with Gasteiger partial charge in [-0.05, 0) is 49.7 Å². The van der Waals surface area contributed by atoms with Crippen molar-refractivity contribution in [3.63, 3.8) is 0 Å². The predicted molar refractivity (Wildman–Crippen MR) is 89.8 cm³/mol. The number of nitrogens with zero attached hydrogens (tertiary/aromatic N) is 2. The summed E-state index contributed by atoms with van der Waals surface area (Å²) in [5.41, 5.74) is 3.11. The number of rotatable bonds is 4. The standard InChI is InChI=1S/C19H21FN2O/c1-14(21(2)13-15-6-5-8-17(20)12-15)19(23)22-11-10-16-7-3-4-9-18(16)22/h3-9,12,14H,10-11,13H2,1-2H3/t14-/m0/s1. The first-order valence-electron chi connectivity index (χ1n) is 7.90. The summed E-state index contributed by atoms with van der Waals surface area (Å²) in [6.45, 7) is 3.18. The fourth-order valence-corrected chi connectivity index (χ4v) is 3.04. The minimum absolute atomic E-state index is 0.0915.